The van der Waals surface area contributed by atoms with Crippen molar-refractivity contribution in [2.45, 2.75) is 13.5 Å². The minimum Gasteiger partial charge on any atom is -0.503 e. The molecule has 0 aliphatic rings. The van der Waals surface area contributed by atoms with Crippen LogP contribution >= 0.6 is 11.3 Å². The number of phenols is 1. The summed E-state index contributed by atoms with van der Waals surface area (Å²) in [4.78, 5) is 13.1. The molecule has 1 N–H and O–H groups in total. The highest BCUT2D eigenvalue weighted by Gasteiger charge is 2.21. The first-order valence-electron chi connectivity index (χ1n) is 8.22. The number of aromatic nitrogens is 5. The highest BCUT2D eigenvalue weighted by molar-refractivity contribution is 7.15. The summed E-state index contributed by atoms with van der Waals surface area (Å²) in [7, 11) is 0. The maximum absolute atomic E-state index is 14.1. The predicted octanol–water partition coefficient (Wildman–Crippen LogP) is 3.80. The normalized spacial score (nSPS) is 11.0. The fourth-order valence-corrected chi connectivity index (χ4v) is 3.53. The van der Waals surface area contributed by atoms with Crippen molar-refractivity contribution in [2.75, 3.05) is 0 Å². The van der Waals surface area contributed by atoms with Crippen molar-refractivity contribution in [3.05, 3.63) is 65.1 Å². The molecule has 0 saturated heterocycles. The Kier molecular flexibility index (Phi) is 4.89. The Balaban J connectivity index is 1.60. The van der Waals surface area contributed by atoms with Crippen LogP contribution < -0.4 is 4.74 Å². The van der Waals surface area contributed by atoms with Crippen LogP contribution in [0.3, 0.4) is 0 Å². The van der Waals surface area contributed by atoms with E-state index in [1.54, 1.807) is 25.4 Å². The number of benzene rings is 1. The number of hydrogen-bond donors (Lipinski definition) is 1. The molecule has 0 bridgehead atoms. The molecule has 0 spiro atoms. The molecule has 3 aromatic heterocycles. The Morgan fingerprint density at radius 2 is 1.93 bits per heavy atom. The molecule has 0 aliphatic heterocycles. The molecular formula is C18H12F3N5O2S. The second-order valence-corrected chi connectivity index (χ2v) is 6.95. The smallest absolute Gasteiger partial charge is 0.316 e. The first-order chi connectivity index (χ1) is 13.9. The monoisotopic (exact) mass is 419 g/mol. The number of aromatic hydroxyl groups is 1. The lowest BCUT2D eigenvalue weighted by atomic mass is 10.2. The second kappa shape index (κ2) is 7.51. The number of rotatable bonds is 5. The molecule has 0 saturated carbocycles. The maximum Gasteiger partial charge on any atom is 0.316 e. The Morgan fingerprint density at radius 1 is 1.17 bits per heavy atom. The SMILES string of the molecule is Cc1nc(COc2ncccn2)sc1-c1cnn(-c2cc(F)c(O)c(F)c2F)c1. The number of hydrogen-bond acceptors (Lipinski definition) is 7. The molecule has 4 rings (SSSR count). The van der Waals surface area contributed by atoms with E-state index in [1.165, 1.54) is 23.7 Å². The lowest BCUT2D eigenvalue weighted by Crippen LogP contribution is -2.02. The Hall–Kier alpha value is -3.47. The molecule has 148 valence electrons. The summed E-state index contributed by atoms with van der Waals surface area (Å²) in [6, 6.07) is 2.56. The molecule has 29 heavy (non-hydrogen) atoms. The van der Waals surface area contributed by atoms with Crippen LogP contribution in [0.1, 0.15) is 10.7 Å². The predicted molar refractivity (Wildman–Crippen MR) is 97.3 cm³/mol. The summed E-state index contributed by atoms with van der Waals surface area (Å²) in [6.07, 6.45) is 5.96. The lowest BCUT2D eigenvalue weighted by Gasteiger charge is -2.06. The van der Waals surface area contributed by atoms with Crippen LogP contribution in [0.4, 0.5) is 13.2 Å². The number of aryl methyl sites for hydroxylation is 1. The topological polar surface area (TPSA) is 86.0 Å². The van der Waals surface area contributed by atoms with Gasteiger partial charge in [-0.05, 0) is 13.0 Å². The van der Waals surface area contributed by atoms with Gasteiger partial charge in [-0.2, -0.15) is 9.49 Å². The fourth-order valence-electron chi connectivity index (χ4n) is 2.58. The van der Waals surface area contributed by atoms with Crippen LogP contribution in [-0.4, -0.2) is 29.8 Å². The summed E-state index contributed by atoms with van der Waals surface area (Å²) in [6.45, 7) is 1.94. The highest BCUT2D eigenvalue weighted by Crippen LogP contribution is 2.32. The van der Waals surface area contributed by atoms with Crippen LogP contribution in [-0.2, 0) is 6.61 Å². The van der Waals surface area contributed by atoms with E-state index in [1.807, 2.05) is 0 Å². The molecule has 0 fully saturated rings. The van der Waals surface area contributed by atoms with Crippen molar-refractivity contribution in [3.8, 4) is 27.9 Å². The molecule has 11 heteroatoms. The van der Waals surface area contributed by atoms with Crippen LogP contribution in [0.15, 0.2) is 36.9 Å². The van der Waals surface area contributed by atoms with E-state index in [9.17, 15) is 13.2 Å². The van der Waals surface area contributed by atoms with Gasteiger partial charge in [0.15, 0.2) is 17.4 Å². The van der Waals surface area contributed by atoms with Crippen molar-refractivity contribution in [2.24, 2.45) is 0 Å². The van der Waals surface area contributed by atoms with Crippen molar-refractivity contribution < 1.29 is 23.0 Å². The second-order valence-electron chi connectivity index (χ2n) is 5.87. The van der Waals surface area contributed by atoms with E-state index in [-0.39, 0.29) is 12.6 Å². The van der Waals surface area contributed by atoms with Gasteiger partial charge in [-0.1, -0.05) is 0 Å². The molecule has 4 aromatic rings. The number of ether oxygens (including phenoxy) is 1. The zero-order valence-electron chi connectivity index (χ0n) is 14.8. The average molecular weight is 419 g/mol. The molecule has 7 nitrogen and oxygen atoms in total. The van der Waals surface area contributed by atoms with Gasteiger partial charge in [-0.15, -0.1) is 11.3 Å². The molecule has 0 unspecified atom stereocenters. The molecule has 0 amide bonds. The van der Waals surface area contributed by atoms with Gasteiger partial charge >= 0.3 is 6.01 Å². The Bertz CT molecular complexity index is 1180. The van der Waals surface area contributed by atoms with Crippen LogP contribution in [0.2, 0.25) is 0 Å². The van der Waals surface area contributed by atoms with E-state index in [0.717, 1.165) is 9.56 Å². The highest BCUT2D eigenvalue weighted by atomic mass is 32.1. The van der Waals surface area contributed by atoms with Gasteiger partial charge < -0.3 is 9.84 Å². The quantitative estimate of drug-likeness (QED) is 0.496. The van der Waals surface area contributed by atoms with Crippen LogP contribution in [0.5, 0.6) is 11.8 Å². The average Bonchev–Trinajstić information content (AvgIpc) is 3.35. The molecule has 0 radical (unpaired) electrons. The van der Waals surface area contributed by atoms with Gasteiger partial charge in [-0.25, -0.2) is 28.4 Å². The van der Waals surface area contributed by atoms with E-state index in [0.29, 0.717) is 22.3 Å². The van der Waals surface area contributed by atoms with Gasteiger partial charge in [0.1, 0.15) is 17.3 Å². The Labute approximate surface area is 166 Å². The van der Waals surface area contributed by atoms with E-state index >= 15 is 0 Å². The summed E-state index contributed by atoms with van der Waals surface area (Å²) >= 11 is 1.33. The van der Waals surface area contributed by atoms with Gasteiger partial charge in [0.05, 0.1) is 16.8 Å². The van der Waals surface area contributed by atoms with Gasteiger partial charge in [0.25, 0.3) is 0 Å². The number of halogens is 3. The number of nitrogens with zero attached hydrogens (tertiary/aromatic N) is 5. The summed E-state index contributed by atoms with van der Waals surface area (Å²) in [5, 5.41) is 13.8. The molecular weight excluding hydrogens is 407 g/mol. The van der Waals surface area contributed by atoms with E-state index in [2.05, 4.69) is 20.1 Å². The standard InChI is InChI=1S/C18H12F3N5O2S/c1-9-17(29-13(25-9)8-28-18-22-3-2-4-23-18)10-6-24-26(7-10)12-5-11(19)16(27)15(21)14(12)20/h2-7,27H,8H2,1H3. The summed E-state index contributed by atoms with van der Waals surface area (Å²) in [5.41, 5.74) is 0.803. The molecule has 3 heterocycles. The molecule has 0 atom stereocenters. The summed E-state index contributed by atoms with van der Waals surface area (Å²) in [5.74, 6) is -5.73. The van der Waals surface area contributed by atoms with Gasteiger partial charge in [-0.3, -0.25) is 0 Å². The number of thiazole rings is 1. The van der Waals surface area contributed by atoms with Gasteiger partial charge in [0, 0.05) is 30.2 Å². The number of phenolic OH excluding ortho intramolecular Hbond substituents is 1. The van der Waals surface area contributed by atoms with Crippen molar-refractivity contribution in [3.63, 3.8) is 0 Å². The minimum absolute atomic E-state index is 0.159. The van der Waals surface area contributed by atoms with E-state index < -0.39 is 28.9 Å². The third kappa shape index (κ3) is 3.63. The summed E-state index contributed by atoms with van der Waals surface area (Å²) < 4.78 is 47.8. The van der Waals surface area contributed by atoms with Crippen molar-refractivity contribution in [1.29, 1.82) is 0 Å². The largest absolute Gasteiger partial charge is 0.503 e. The molecule has 1 aromatic carbocycles. The molecule has 0 aliphatic carbocycles. The van der Waals surface area contributed by atoms with E-state index in [4.69, 9.17) is 9.84 Å². The van der Waals surface area contributed by atoms with Crippen molar-refractivity contribution in [1.82, 2.24) is 24.7 Å². The zero-order valence-corrected chi connectivity index (χ0v) is 15.6. The fraction of sp³-hybridized carbons (Fsp3) is 0.111. The minimum atomic E-state index is -1.67. The lowest BCUT2D eigenvalue weighted by molar-refractivity contribution is 0.280. The third-order valence-electron chi connectivity index (χ3n) is 3.91. The maximum atomic E-state index is 14.1. The van der Waals surface area contributed by atoms with Gasteiger partial charge in [0.2, 0.25) is 5.82 Å². The van der Waals surface area contributed by atoms with Crippen LogP contribution in [0.25, 0.3) is 16.1 Å². The van der Waals surface area contributed by atoms with Crippen LogP contribution in [0, 0.1) is 24.4 Å². The third-order valence-corrected chi connectivity index (χ3v) is 5.09. The first kappa shape index (κ1) is 18.9. The zero-order chi connectivity index (χ0) is 20.5. The first-order valence-corrected chi connectivity index (χ1v) is 9.03. The van der Waals surface area contributed by atoms with Crippen molar-refractivity contribution >= 4 is 11.3 Å². The Morgan fingerprint density at radius 3 is 2.69 bits per heavy atom.